The van der Waals surface area contributed by atoms with E-state index in [0.717, 1.165) is 5.56 Å². The van der Waals surface area contributed by atoms with E-state index in [-0.39, 0.29) is 12.0 Å². The highest BCUT2D eigenvalue weighted by atomic mass is 16.4. The Kier molecular flexibility index (Phi) is 2.80. The first-order valence-corrected chi connectivity index (χ1v) is 5.20. The lowest BCUT2D eigenvalue weighted by Gasteiger charge is -2.18. The average Bonchev–Trinajstić information content (AvgIpc) is 2.65. The molecule has 2 aromatic rings. The van der Waals surface area contributed by atoms with E-state index in [1.807, 2.05) is 13.0 Å². The number of H-pyrrole nitrogens is 1. The van der Waals surface area contributed by atoms with Gasteiger partial charge in [-0.3, -0.25) is 4.98 Å². The van der Waals surface area contributed by atoms with Crippen molar-refractivity contribution in [2.45, 2.75) is 13.0 Å². The van der Waals surface area contributed by atoms with Gasteiger partial charge in [-0.15, -0.1) is 0 Å². The standard InChI is InChI=1S/C11H15N3O2/c1-6(5-12)10(13)7-2-3-8-9(4-7)16-11(15)14-8/h2-4,6,10H,5,12-13H2,1H3,(H,14,15). The van der Waals surface area contributed by atoms with Crippen LogP contribution >= 0.6 is 0 Å². The van der Waals surface area contributed by atoms with Gasteiger partial charge in [0, 0.05) is 6.04 Å². The third-order valence-corrected chi connectivity index (χ3v) is 2.81. The summed E-state index contributed by atoms with van der Waals surface area (Å²) in [6.07, 6.45) is 0. The molecule has 0 spiro atoms. The summed E-state index contributed by atoms with van der Waals surface area (Å²) < 4.78 is 4.97. The van der Waals surface area contributed by atoms with Crippen LogP contribution in [0, 0.1) is 5.92 Å². The molecule has 0 amide bonds. The SMILES string of the molecule is CC(CN)C(N)c1ccc2[nH]c(=O)oc2c1. The minimum absolute atomic E-state index is 0.144. The van der Waals surface area contributed by atoms with Gasteiger partial charge in [-0.1, -0.05) is 13.0 Å². The maximum absolute atomic E-state index is 11.0. The Balaban J connectivity index is 2.42. The van der Waals surface area contributed by atoms with Crippen LogP contribution in [0.15, 0.2) is 27.4 Å². The summed E-state index contributed by atoms with van der Waals surface area (Å²) >= 11 is 0. The summed E-state index contributed by atoms with van der Waals surface area (Å²) in [4.78, 5) is 13.6. The summed E-state index contributed by atoms with van der Waals surface area (Å²) in [6, 6.07) is 5.31. The first kappa shape index (κ1) is 10.9. The summed E-state index contributed by atoms with van der Waals surface area (Å²) in [5.74, 6) is -0.268. The molecule has 0 bridgehead atoms. The van der Waals surface area contributed by atoms with Crippen molar-refractivity contribution in [2.24, 2.45) is 17.4 Å². The van der Waals surface area contributed by atoms with Gasteiger partial charge in [0.25, 0.3) is 0 Å². The van der Waals surface area contributed by atoms with E-state index in [0.29, 0.717) is 17.6 Å². The maximum atomic E-state index is 11.0. The molecule has 5 heteroatoms. The first-order valence-electron chi connectivity index (χ1n) is 5.20. The van der Waals surface area contributed by atoms with Crippen LogP contribution in [-0.2, 0) is 0 Å². The molecular formula is C11H15N3O2. The summed E-state index contributed by atoms with van der Waals surface area (Å²) in [6.45, 7) is 2.51. The third-order valence-electron chi connectivity index (χ3n) is 2.81. The number of nitrogens with two attached hydrogens (primary N) is 2. The maximum Gasteiger partial charge on any atom is 0.417 e. The predicted octanol–water partition coefficient (Wildman–Crippen LogP) is 0.716. The molecule has 1 aromatic heterocycles. The average molecular weight is 221 g/mol. The topological polar surface area (TPSA) is 98.0 Å². The zero-order valence-corrected chi connectivity index (χ0v) is 9.07. The van der Waals surface area contributed by atoms with Crippen LogP contribution in [0.25, 0.3) is 11.1 Å². The predicted molar refractivity (Wildman–Crippen MR) is 62.0 cm³/mol. The molecule has 1 heterocycles. The molecule has 2 unspecified atom stereocenters. The molecule has 0 aliphatic rings. The molecule has 2 rings (SSSR count). The first-order chi connectivity index (χ1) is 7.61. The molecule has 86 valence electrons. The highest BCUT2D eigenvalue weighted by Crippen LogP contribution is 2.21. The monoisotopic (exact) mass is 221 g/mol. The largest absolute Gasteiger partial charge is 0.417 e. The Hall–Kier alpha value is -1.59. The van der Waals surface area contributed by atoms with Gasteiger partial charge in [0.1, 0.15) is 0 Å². The number of hydrogen-bond acceptors (Lipinski definition) is 4. The Labute approximate surface area is 92.4 Å². The van der Waals surface area contributed by atoms with Crippen molar-refractivity contribution in [3.05, 3.63) is 34.3 Å². The Morgan fingerprint density at radius 3 is 2.94 bits per heavy atom. The number of aromatic amines is 1. The molecule has 0 aliphatic carbocycles. The highest BCUT2D eigenvalue weighted by molar-refractivity contribution is 5.72. The van der Waals surface area contributed by atoms with E-state index in [2.05, 4.69) is 4.98 Å². The molecule has 16 heavy (non-hydrogen) atoms. The summed E-state index contributed by atoms with van der Waals surface area (Å²) in [7, 11) is 0. The van der Waals surface area contributed by atoms with Gasteiger partial charge < -0.3 is 15.9 Å². The quantitative estimate of drug-likeness (QED) is 0.711. The number of hydrogen-bond donors (Lipinski definition) is 3. The fourth-order valence-electron chi connectivity index (χ4n) is 1.64. The van der Waals surface area contributed by atoms with Crippen LogP contribution in [0.3, 0.4) is 0 Å². The lowest BCUT2D eigenvalue weighted by atomic mass is 9.95. The normalized spacial score (nSPS) is 15.2. The number of benzene rings is 1. The van der Waals surface area contributed by atoms with Crippen molar-refractivity contribution < 1.29 is 4.42 Å². The van der Waals surface area contributed by atoms with Crippen molar-refractivity contribution >= 4 is 11.1 Å². The molecule has 0 saturated heterocycles. The van der Waals surface area contributed by atoms with Crippen LogP contribution in [0.5, 0.6) is 0 Å². The summed E-state index contributed by atoms with van der Waals surface area (Å²) in [5.41, 5.74) is 13.7. The van der Waals surface area contributed by atoms with E-state index in [1.165, 1.54) is 0 Å². The fraction of sp³-hybridized carbons (Fsp3) is 0.364. The molecule has 5 N–H and O–H groups in total. The minimum atomic E-state index is -0.451. The van der Waals surface area contributed by atoms with Gasteiger partial charge in [0.2, 0.25) is 0 Å². The van der Waals surface area contributed by atoms with E-state index < -0.39 is 5.76 Å². The molecule has 0 fully saturated rings. The van der Waals surface area contributed by atoms with E-state index >= 15 is 0 Å². The van der Waals surface area contributed by atoms with Gasteiger partial charge in [0.05, 0.1) is 5.52 Å². The van der Waals surface area contributed by atoms with E-state index in [9.17, 15) is 4.79 Å². The molecule has 1 aromatic carbocycles. The molecule has 0 saturated carbocycles. The molecule has 0 aliphatic heterocycles. The number of rotatable bonds is 3. The van der Waals surface area contributed by atoms with Crippen LogP contribution in [0.4, 0.5) is 0 Å². The molecule has 0 radical (unpaired) electrons. The van der Waals surface area contributed by atoms with Crippen molar-refractivity contribution in [1.29, 1.82) is 0 Å². The Morgan fingerprint density at radius 1 is 1.50 bits per heavy atom. The number of oxazole rings is 1. The zero-order valence-electron chi connectivity index (χ0n) is 9.07. The van der Waals surface area contributed by atoms with Crippen molar-refractivity contribution in [2.75, 3.05) is 6.54 Å². The van der Waals surface area contributed by atoms with Gasteiger partial charge >= 0.3 is 5.76 Å². The second-order valence-electron chi connectivity index (χ2n) is 4.01. The van der Waals surface area contributed by atoms with E-state index in [1.54, 1.807) is 12.1 Å². The number of fused-ring (bicyclic) bond motifs is 1. The zero-order chi connectivity index (χ0) is 11.7. The van der Waals surface area contributed by atoms with E-state index in [4.69, 9.17) is 15.9 Å². The molecule has 2 atom stereocenters. The fourth-order valence-corrected chi connectivity index (χ4v) is 1.64. The van der Waals surface area contributed by atoms with Crippen molar-refractivity contribution in [1.82, 2.24) is 4.98 Å². The minimum Gasteiger partial charge on any atom is -0.408 e. The third kappa shape index (κ3) is 1.87. The van der Waals surface area contributed by atoms with Crippen LogP contribution in [-0.4, -0.2) is 11.5 Å². The second-order valence-corrected chi connectivity index (χ2v) is 4.01. The second kappa shape index (κ2) is 4.11. The van der Waals surface area contributed by atoms with Gasteiger partial charge in [0.15, 0.2) is 5.58 Å². The van der Waals surface area contributed by atoms with Crippen LogP contribution in [0.1, 0.15) is 18.5 Å². The van der Waals surface area contributed by atoms with Gasteiger partial charge in [-0.05, 0) is 30.2 Å². The van der Waals surface area contributed by atoms with Crippen molar-refractivity contribution in [3.8, 4) is 0 Å². The highest BCUT2D eigenvalue weighted by Gasteiger charge is 2.14. The number of aromatic nitrogens is 1. The Morgan fingerprint density at radius 2 is 2.25 bits per heavy atom. The lowest BCUT2D eigenvalue weighted by Crippen LogP contribution is -2.25. The van der Waals surface area contributed by atoms with Crippen LogP contribution < -0.4 is 17.2 Å². The molecule has 5 nitrogen and oxygen atoms in total. The number of nitrogens with one attached hydrogen (secondary N) is 1. The van der Waals surface area contributed by atoms with Gasteiger partial charge in [-0.2, -0.15) is 0 Å². The smallest absolute Gasteiger partial charge is 0.408 e. The van der Waals surface area contributed by atoms with Crippen molar-refractivity contribution in [3.63, 3.8) is 0 Å². The molecular weight excluding hydrogens is 206 g/mol. The lowest BCUT2D eigenvalue weighted by molar-refractivity contribution is 0.480. The summed E-state index contributed by atoms with van der Waals surface area (Å²) in [5, 5.41) is 0. The Bertz CT molecular complexity index is 543. The van der Waals surface area contributed by atoms with Gasteiger partial charge in [-0.25, -0.2) is 4.79 Å². The van der Waals surface area contributed by atoms with Crippen LogP contribution in [0.2, 0.25) is 0 Å².